The summed E-state index contributed by atoms with van der Waals surface area (Å²) in [7, 11) is 0. The first-order valence-corrected chi connectivity index (χ1v) is 9.50. The molecule has 4 rings (SSSR count). The second kappa shape index (κ2) is 6.77. The van der Waals surface area contributed by atoms with E-state index in [-0.39, 0.29) is 5.91 Å². The van der Waals surface area contributed by atoms with Crippen LogP contribution in [0.4, 0.5) is 11.4 Å². The van der Waals surface area contributed by atoms with Gasteiger partial charge in [-0.1, -0.05) is 18.6 Å². The van der Waals surface area contributed by atoms with Crippen molar-refractivity contribution in [3.63, 3.8) is 0 Å². The van der Waals surface area contributed by atoms with Crippen LogP contribution in [0.25, 0.3) is 10.2 Å². The van der Waals surface area contributed by atoms with Crippen LogP contribution in [-0.2, 0) is 12.8 Å². The van der Waals surface area contributed by atoms with E-state index in [0.717, 1.165) is 35.2 Å². The highest BCUT2D eigenvalue weighted by Gasteiger charge is 2.20. The van der Waals surface area contributed by atoms with Gasteiger partial charge in [0.2, 0.25) is 0 Å². The van der Waals surface area contributed by atoms with E-state index in [2.05, 4.69) is 17.5 Å². The number of hydrogen-bond donors (Lipinski definition) is 2. The lowest BCUT2D eigenvalue weighted by Crippen LogP contribution is -2.12. The number of rotatable bonds is 2. The Morgan fingerprint density at radius 3 is 2.88 bits per heavy atom. The largest absolute Gasteiger partial charge is 0.397 e. The molecule has 0 unspecified atom stereocenters. The number of nitrogen functional groups attached to an aromatic ring is 1. The quantitative estimate of drug-likeness (QED) is 0.666. The van der Waals surface area contributed by atoms with E-state index >= 15 is 0 Å². The highest BCUT2D eigenvalue weighted by molar-refractivity contribution is 7.21. The average Bonchev–Trinajstić information content (AvgIpc) is 2.82. The van der Waals surface area contributed by atoms with Gasteiger partial charge in [-0.3, -0.25) is 4.79 Å². The number of aromatic nitrogens is 1. The molecule has 1 aliphatic rings. The number of amides is 1. The molecule has 0 fully saturated rings. The third kappa shape index (κ3) is 2.91. The normalized spacial score (nSPS) is 13.7. The van der Waals surface area contributed by atoms with Crippen molar-refractivity contribution in [1.82, 2.24) is 4.98 Å². The topological polar surface area (TPSA) is 91.8 Å². The van der Waals surface area contributed by atoms with Crippen LogP contribution < -0.4 is 11.1 Å². The van der Waals surface area contributed by atoms with Gasteiger partial charge in [-0.2, -0.15) is 5.26 Å². The Morgan fingerprint density at radius 2 is 2.04 bits per heavy atom. The molecule has 6 heteroatoms. The van der Waals surface area contributed by atoms with Gasteiger partial charge in [0.1, 0.15) is 15.8 Å². The van der Waals surface area contributed by atoms with E-state index in [9.17, 15) is 10.1 Å². The highest BCUT2D eigenvalue weighted by atomic mass is 32.1. The van der Waals surface area contributed by atoms with Crippen molar-refractivity contribution in [3.05, 3.63) is 52.0 Å². The SMILES string of the molecule is N#Cc1ccccc1NC(=O)c1sc2nc3c(cc2c1N)CCCCC3. The summed E-state index contributed by atoms with van der Waals surface area (Å²) in [5.41, 5.74) is 10.0. The van der Waals surface area contributed by atoms with Crippen molar-refractivity contribution >= 4 is 38.8 Å². The Kier molecular flexibility index (Phi) is 4.31. The van der Waals surface area contributed by atoms with Gasteiger partial charge in [-0.25, -0.2) is 4.98 Å². The van der Waals surface area contributed by atoms with Crippen LogP contribution in [0.5, 0.6) is 0 Å². The number of carbonyl (C=O) groups is 1. The molecule has 26 heavy (non-hydrogen) atoms. The molecular formula is C20H18N4OS. The molecule has 1 aliphatic carbocycles. The van der Waals surface area contributed by atoms with Crippen molar-refractivity contribution in [2.45, 2.75) is 32.1 Å². The van der Waals surface area contributed by atoms with Crippen LogP contribution in [0.3, 0.4) is 0 Å². The summed E-state index contributed by atoms with van der Waals surface area (Å²) >= 11 is 1.31. The summed E-state index contributed by atoms with van der Waals surface area (Å²) in [5, 5.41) is 12.8. The third-order valence-electron chi connectivity index (χ3n) is 4.75. The Bertz CT molecular complexity index is 1050. The molecule has 5 nitrogen and oxygen atoms in total. The van der Waals surface area contributed by atoms with E-state index in [4.69, 9.17) is 10.7 Å². The molecule has 0 saturated carbocycles. The van der Waals surface area contributed by atoms with E-state index in [0.29, 0.717) is 21.8 Å². The molecule has 1 aromatic carbocycles. The van der Waals surface area contributed by atoms with Gasteiger partial charge in [-0.05, 0) is 49.4 Å². The number of anilines is 2. The van der Waals surface area contributed by atoms with Crippen molar-refractivity contribution < 1.29 is 4.79 Å². The second-order valence-electron chi connectivity index (χ2n) is 6.46. The van der Waals surface area contributed by atoms with Gasteiger partial charge in [0.15, 0.2) is 0 Å². The maximum atomic E-state index is 12.7. The fourth-order valence-corrected chi connectivity index (χ4v) is 4.37. The maximum absolute atomic E-state index is 12.7. The average molecular weight is 362 g/mol. The van der Waals surface area contributed by atoms with E-state index in [1.165, 1.54) is 29.7 Å². The van der Waals surface area contributed by atoms with Gasteiger partial charge in [0.05, 0.1) is 16.9 Å². The van der Waals surface area contributed by atoms with Crippen molar-refractivity contribution in [2.75, 3.05) is 11.1 Å². The predicted molar refractivity (Wildman–Crippen MR) is 104 cm³/mol. The van der Waals surface area contributed by atoms with Gasteiger partial charge in [0, 0.05) is 11.1 Å². The van der Waals surface area contributed by atoms with Crippen LogP contribution in [0.2, 0.25) is 0 Å². The number of nitrogens with zero attached hydrogens (tertiary/aromatic N) is 2. The van der Waals surface area contributed by atoms with Crippen molar-refractivity contribution in [3.8, 4) is 6.07 Å². The summed E-state index contributed by atoms with van der Waals surface area (Å²) in [5.74, 6) is -0.302. The summed E-state index contributed by atoms with van der Waals surface area (Å²) in [6.07, 6.45) is 5.56. The minimum Gasteiger partial charge on any atom is -0.397 e. The Balaban J connectivity index is 1.71. The Labute approximate surface area is 155 Å². The number of nitrogens with two attached hydrogens (primary N) is 1. The highest BCUT2D eigenvalue weighted by Crippen LogP contribution is 2.35. The first-order chi connectivity index (χ1) is 12.7. The van der Waals surface area contributed by atoms with E-state index < -0.39 is 0 Å². The predicted octanol–water partition coefficient (Wildman–Crippen LogP) is 4.27. The fraction of sp³-hybridized carbons (Fsp3) is 0.250. The zero-order chi connectivity index (χ0) is 18.1. The molecule has 0 radical (unpaired) electrons. The van der Waals surface area contributed by atoms with Crippen LogP contribution in [0, 0.1) is 11.3 Å². The standard InChI is InChI=1S/C20H18N4OS/c21-11-13-7-4-5-9-16(13)23-19(25)18-17(22)14-10-12-6-2-1-3-8-15(12)24-20(14)26-18/h4-5,7,9-10H,1-3,6,8,22H2,(H,23,25). The smallest absolute Gasteiger partial charge is 0.267 e. The number of pyridine rings is 1. The van der Waals surface area contributed by atoms with Crippen LogP contribution in [-0.4, -0.2) is 10.9 Å². The molecule has 0 spiro atoms. The molecule has 0 aliphatic heterocycles. The molecule has 0 bridgehead atoms. The summed E-state index contributed by atoms with van der Waals surface area (Å²) in [4.78, 5) is 18.8. The number of thiophene rings is 1. The molecule has 2 heterocycles. The molecule has 0 atom stereocenters. The lowest BCUT2D eigenvalue weighted by Gasteiger charge is -2.06. The third-order valence-corrected chi connectivity index (χ3v) is 5.87. The number of aryl methyl sites for hydroxylation is 2. The lowest BCUT2D eigenvalue weighted by atomic mass is 10.1. The van der Waals surface area contributed by atoms with E-state index in [1.54, 1.807) is 24.3 Å². The first-order valence-electron chi connectivity index (χ1n) is 8.68. The molecule has 130 valence electrons. The fourth-order valence-electron chi connectivity index (χ4n) is 3.37. The van der Waals surface area contributed by atoms with Gasteiger partial charge in [-0.15, -0.1) is 11.3 Å². The maximum Gasteiger partial charge on any atom is 0.267 e. The lowest BCUT2D eigenvalue weighted by molar-refractivity contribution is 0.103. The molecule has 3 aromatic rings. The first kappa shape index (κ1) is 16.6. The molecule has 3 N–H and O–H groups in total. The van der Waals surface area contributed by atoms with Crippen molar-refractivity contribution in [1.29, 1.82) is 5.26 Å². The molecular weight excluding hydrogens is 344 g/mol. The van der Waals surface area contributed by atoms with E-state index in [1.807, 2.05) is 0 Å². The Hall–Kier alpha value is -2.91. The second-order valence-corrected chi connectivity index (χ2v) is 7.46. The van der Waals surface area contributed by atoms with Gasteiger partial charge >= 0.3 is 0 Å². The zero-order valence-corrected chi connectivity index (χ0v) is 15.0. The summed E-state index contributed by atoms with van der Waals surface area (Å²) < 4.78 is 0. The molecule has 1 amide bonds. The zero-order valence-electron chi connectivity index (χ0n) is 14.2. The monoisotopic (exact) mass is 362 g/mol. The molecule has 0 saturated heterocycles. The minimum absolute atomic E-state index is 0.302. The van der Waals surface area contributed by atoms with Crippen LogP contribution in [0.1, 0.15) is 45.8 Å². The minimum atomic E-state index is -0.302. The van der Waals surface area contributed by atoms with Crippen LogP contribution >= 0.6 is 11.3 Å². The van der Waals surface area contributed by atoms with Gasteiger partial charge in [0.25, 0.3) is 5.91 Å². The molecule has 2 aromatic heterocycles. The number of para-hydroxylation sites is 1. The van der Waals surface area contributed by atoms with Crippen molar-refractivity contribution in [2.24, 2.45) is 0 Å². The number of hydrogen-bond acceptors (Lipinski definition) is 5. The summed E-state index contributed by atoms with van der Waals surface area (Å²) in [6.45, 7) is 0. The number of benzene rings is 1. The Morgan fingerprint density at radius 1 is 1.23 bits per heavy atom. The van der Waals surface area contributed by atoms with Crippen LogP contribution in [0.15, 0.2) is 30.3 Å². The number of fused-ring (bicyclic) bond motifs is 2. The number of nitriles is 1. The summed E-state index contributed by atoms with van der Waals surface area (Å²) in [6, 6.07) is 11.1. The number of carbonyl (C=O) groups excluding carboxylic acids is 1. The van der Waals surface area contributed by atoms with Gasteiger partial charge < -0.3 is 11.1 Å². The number of nitrogens with one attached hydrogen (secondary N) is 1.